The van der Waals surface area contributed by atoms with Crippen molar-refractivity contribution in [2.24, 2.45) is 0 Å². The predicted octanol–water partition coefficient (Wildman–Crippen LogP) is 2.03. The maximum Gasteiger partial charge on any atom is 0.265 e. The van der Waals surface area contributed by atoms with E-state index < -0.39 is 29.3 Å². The molecule has 9 heteroatoms. The molecule has 2 heterocycles. The van der Waals surface area contributed by atoms with Crippen molar-refractivity contribution in [3.63, 3.8) is 0 Å². The number of ether oxygens (including phenoxy) is 2. The summed E-state index contributed by atoms with van der Waals surface area (Å²) in [6, 6.07) is 10.4. The van der Waals surface area contributed by atoms with Crippen molar-refractivity contribution < 1.29 is 27.8 Å². The zero-order valence-electron chi connectivity index (χ0n) is 16.1. The van der Waals surface area contributed by atoms with Crippen LogP contribution in [0.15, 0.2) is 42.5 Å². The fourth-order valence-electron chi connectivity index (χ4n) is 3.54. The summed E-state index contributed by atoms with van der Waals surface area (Å²) in [5, 5.41) is 2.28. The average molecular weight is 417 g/mol. The number of carbonyl (C=O) groups is 2. The summed E-state index contributed by atoms with van der Waals surface area (Å²) in [5.74, 6) is -2.02. The van der Waals surface area contributed by atoms with E-state index in [2.05, 4.69) is 5.32 Å². The van der Waals surface area contributed by atoms with Gasteiger partial charge in [0.25, 0.3) is 5.91 Å². The molecule has 1 atom stereocenters. The van der Waals surface area contributed by atoms with Crippen molar-refractivity contribution in [3.8, 4) is 5.75 Å². The maximum absolute atomic E-state index is 13.9. The first-order chi connectivity index (χ1) is 14.5. The fourth-order valence-corrected chi connectivity index (χ4v) is 3.54. The molecular formula is C21H21F2N3O4. The van der Waals surface area contributed by atoms with Crippen LogP contribution in [0.4, 0.5) is 20.2 Å². The number of halogens is 2. The molecule has 0 aliphatic carbocycles. The highest BCUT2D eigenvalue weighted by Crippen LogP contribution is 2.33. The molecule has 30 heavy (non-hydrogen) atoms. The Bertz CT molecular complexity index is 929. The summed E-state index contributed by atoms with van der Waals surface area (Å²) in [4.78, 5) is 28.8. The Morgan fingerprint density at radius 2 is 1.73 bits per heavy atom. The van der Waals surface area contributed by atoms with Crippen LogP contribution in [0.2, 0.25) is 0 Å². The Morgan fingerprint density at radius 3 is 2.47 bits per heavy atom. The van der Waals surface area contributed by atoms with Crippen molar-refractivity contribution in [1.82, 2.24) is 4.90 Å². The molecule has 2 aliphatic rings. The number of rotatable bonds is 4. The number of para-hydroxylation sites is 3. The number of nitrogens with zero attached hydrogens (tertiary/aromatic N) is 2. The number of anilines is 2. The van der Waals surface area contributed by atoms with Gasteiger partial charge in [-0.1, -0.05) is 18.2 Å². The van der Waals surface area contributed by atoms with Gasteiger partial charge in [0.2, 0.25) is 5.91 Å². The molecule has 0 saturated carbocycles. The highest BCUT2D eigenvalue weighted by molar-refractivity contribution is 5.95. The number of hydrogen-bond donors (Lipinski definition) is 1. The summed E-state index contributed by atoms with van der Waals surface area (Å²) >= 11 is 0. The maximum atomic E-state index is 13.9. The highest BCUT2D eigenvalue weighted by Gasteiger charge is 2.34. The van der Waals surface area contributed by atoms with Crippen molar-refractivity contribution in [3.05, 3.63) is 54.1 Å². The molecule has 2 aliphatic heterocycles. The number of amides is 2. The lowest BCUT2D eigenvalue weighted by molar-refractivity contribution is -0.142. The Kier molecular flexibility index (Phi) is 5.80. The summed E-state index contributed by atoms with van der Waals surface area (Å²) in [6.07, 6.45) is -0.795. The van der Waals surface area contributed by atoms with E-state index in [0.717, 1.165) is 12.1 Å². The van der Waals surface area contributed by atoms with Gasteiger partial charge >= 0.3 is 0 Å². The second kappa shape index (κ2) is 8.66. The molecule has 1 fully saturated rings. The molecule has 7 nitrogen and oxygen atoms in total. The molecule has 4 rings (SSSR count). The lowest BCUT2D eigenvalue weighted by Gasteiger charge is -2.38. The molecule has 0 aromatic heterocycles. The molecule has 2 aromatic carbocycles. The van der Waals surface area contributed by atoms with Gasteiger partial charge in [0, 0.05) is 13.1 Å². The number of carbonyl (C=O) groups excluding carboxylic acids is 2. The van der Waals surface area contributed by atoms with E-state index in [0.29, 0.717) is 37.7 Å². The third-order valence-electron chi connectivity index (χ3n) is 5.02. The first kappa shape index (κ1) is 20.1. The summed E-state index contributed by atoms with van der Waals surface area (Å²) in [6.45, 7) is 1.84. The summed E-state index contributed by atoms with van der Waals surface area (Å²) in [7, 11) is 0. The van der Waals surface area contributed by atoms with Gasteiger partial charge in [-0.3, -0.25) is 9.59 Å². The molecule has 0 spiro atoms. The van der Waals surface area contributed by atoms with Crippen LogP contribution >= 0.6 is 0 Å². The van der Waals surface area contributed by atoms with Gasteiger partial charge < -0.3 is 24.6 Å². The van der Waals surface area contributed by atoms with Gasteiger partial charge in [0.05, 0.1) is 32.0 Å². The quantitative estimate of drug-likeness (QED) is 0.825. The number of morpholine rings is 1. The number of nitrogens with one attached hydrogen (secondary N) is 1. The van der Waals surface area contributed by atoms with Crippen molar-refractivity contribution in [2.75, 3.05) is 49.6 Å². The lowest BCUT2D eigenvalue weighted by atomic mass is 10.1. The van der Waals surface area contributed by atoms with E-state index in [1.807, 2.05) is 0 Å². The van der Waals surface area contributed by atoms with E-state index in [1.165, 1.54) is 6.07 Å². The molecular weight excluding hydrogens is 396 g/mol. The largest absolute Gasteiger partial charge is 0.477 e. The molecule has 1 N–H and O–H groups in total. The van der Waals surface area contributed by atoms with E-state index in [-0.39, 0.29) is 19.0 Å². The van der Waals surface area contributed by atoms with E-state index in [1.54, 1.807) is 34.1 Å². The van der Waals surface area contributed by atoms with Crippen LogP contribution in [0.1, 0.15) is 0 Å². The SMILES string of the molecule is O=C(CN1CC(C(=O)N2CCOCC2)Oc2ccccc21)Nc1c(F)cccc1F. The minimum Gasteiger partial charge on any atom is -0.477 e. The van der Waals surface area contributed by atoms with Crippen molar-refractivity contribution in [2.45, 2.75) is 6.10 Å². The predicted molar refractivity (Wildman–Crippen MR) is 105 cm³/mol. The molecule has 1 saturated heterocycles. The van der Waals surface area contributed by atoms with Crippen LogP contribution in [0.25, 0.3) is 0 Å². The number of benzene rings is 2. The second-order valence-electron chi connectivity index (χ2n) is 7.04. The monoisotopic (exact) mass is 417 g/mol. The molecule has 158 valence electrons. The van der Waals surface area contributed by atoms with Gasteiger partial charge in [-0.05, 0) is 24.3 Å². The molecule has 2 amide bonds. The smallest absolute Gasteiger partial charge is 0.265 e. The molecule has 0 bridgehead atoms. The fraction of sp³-hybridized carbons (Fsp3) is 0.333. The molecule has 1 unspecified atom stereocenters. The third-order valence-corrected chi connectivity index (χ3v) is 5.02. The van der Waals surface area contributed by atoms with Gasteiger partial charge in [-0.25, -0.2) is 8.78 Å². The first-order valence-corrected chi connectivity index (χ1v) is 9.64. The summed E-state index contributed by atoms with van der Waals surface area (Å²) < 4.78 is 38.9. The topological polar surface area (TPSA) is 71.1 Å². The lowest BCUT2D eigenvalue weighted by Crippen LogP contribution is -2.53. The number of hydrogen-bond acceptors (Lipinski definition) is 5. The Labute approximate surface area is 172 Å². The number of fused-ring (bicyclic) bond motifs is 1. The van der Waals surface area contributed by atoms with E-state index in [4.69, 9.17) is 9.47 Å². The van der Waals surface area contributed by atoms with Gasteiger partial charge in [-0.2, -0.15) is 0 Å². The van der Waals surface area contributed by atoms with E-state index >= 15 is 0 Å². The summed E-state index contributed by atoms with van der Waals surface area (Å²) in [5.41, 5.74) is 0.137. The highest BCUT2D eigenvalue weighted by atomic mass is 19.1. The van der Waals surface area contributed by atoms with E-state index in [9.17, 15) is 18.4 Å². The van der Waals surface area contributed by atoms with Gasteiger partial charge in [0.15, 0.2) is 6.10 Å². The van der Waals surface area contributed by atoms with Gasteiger partial charge in [-0.15, -0.1) is 0 Å². The Hall–Kier alpha value is -3.20. The third kappa shape index (κ3) is 4.20. The minimum atomic E-state index is -0.855. The van der Waals surface area contributed by atoms with Crippen LogP contribution in [0.5, 0.6) is 5.75 Å². The minimum absolute atomic E-state index is 0.139. The molecule has 0 radical (unpaired) electrons. The Morgan fingerprint density at radius 1 is 1.03 bits per heavy atom. The van der Waals surface area contributed by atoms with Crippen molar-refractivity contribution >= 4 is 23.2 Å². The second-order valence-corrected chi connectivity index (χ2v) is 7.04. The Balaban J connectivity index is 1.51. The van der Waals surface area contributed by atoms with Gasteiger partial charge in [0.1, 0.15) is 23.1 Å². The average Bonchev–Trinajstić information content (AvgIpc) is 2.76. The standard InChI is InChI=1S/C21H21F2N3O4/c22-14-4-3-5-15(23)20(14)24-19(27)13-26-12-18(21(28)25-8-10-29-11-9-25)30-17-7-2-1-6-16(17)26/h1-7,18H,8-13H2,(H,24,27). The van der Waals surface area contributed by atoms with Crippen LogP contribution < -0.4 is 15.0 Å². The van der Waals surface area contributed by atoms with Crippen LogP contribution in [0, 0.1) is 11.6 Å². The van der Waals surface area contributed by atoms with Crippen LogP contribution in [-0.2, 0) is 14.3 Å². The van der Waals surface area contributed by atoms with Crippen LogP contribution in [-0.4, -0.2) is 62.2 Å². The molecule has 2 aromatic rings. The zero-order chi connectivity index (χ0) is 21.1. The normalized spacial score (nSPS) is 18.4. The first-order valence-electron chi connectivity index (χ1n) is 9.64. The van der Waals surface area contributed by atoms with Crippen LogP contribution in [0.3, 0.4) is 0 Å². The van der Waals surface area contributed by atoms with Crippen molar-refractivity contribution in [1.29, 1.82) is 0 Å². The zero-order valence-corrected chi connectivity index (χ0v) is 16.1.